The molecule has 0 saturated heterocycles. The summed E-state index contributed by atoms with van der Waals surface area (Å²) in [4.78, 5) is 4.42. The van der Waals surface area contributed by atoms with Crippen molar-refractivity contribution in [3.8, 4) is 5.75 Å². The number of pyridine rings is 1. The van der Waals surface area contributed by atoms with Gasteiger partial charge in [0.2, 0.25) is 0 Å². The smallest absolute Gasteiger partial charge is 0.145 e. The van der Waals surface area contributed by atoms with E-state index in [1.807, 2.05) is 30.3 Å². The van der Waals surface area contributed by atoms with E-state index in [0.29, 0.717) is 5.82 Å². The first-order valence-corrected chi connectivity index (χ1v) is 4.64. The lowest BCUT2D eigenvalue weighted by atomic mass is 10.2. The summed E-state index contributed by atoms with van der Waals surface area (Å²) < 4.78 is 5.24. The second kappa shape index (κ2) is 3.74. The molecule has 0 saturated carbocycles. The Bertz CT molecular complexity index is 482. The zero-order chi connectivity index (χ0) is 10.8. The molecule has 15 heavy (non-hydrogen) atoms. The van der Waals surface area contributed by atoms with Crippen molar-refractivity contribution in [2.75, 3.05) is 19.2 Å². The van der Waals surface area contributed by atoms with Crippen LogP contribution in [-0.4, -0.2) is 19.1 Å². The number of hydrogen-bond acceptors (Lipinski definition) is 4. The highest BCUT2D eigenvalue weighted by atomic mass is 16.5. The molecule has 0 aliphatic rings. The number of rotatable bonds is 2. The van der Waals surface area contributed by atoms with E-state index < -0.39 is 0 Å². The summed E-state index contributed by atoms with van der Waals surface area (Å²) in [5.74, 6) is 7.10. The van der Waals surface area contributed by atoms with Crippen molar-refractivity contribution in [2.45, 2.75) is 0 Å². The minimum Gasteiger partial charge on any atom is -0.494 e. The third-order valence-corrected chi connectivity index (χ3v) is 2.25. The van der Waals surface area contributed by atoms with Crippen LogP contribution in [-0.2, 0) is 0 Å². The maximum absolute atomic E-state index is 5.63. The molecule has 4 nitrogen and oxygen atoms in total. The predicted octanol–water partition coefficient (Wildman–Crippen LogP) is 1.55. The van der Waals surface area contributed by atoms with Crippen molar-refractivity contribution in [2.24, 2.45) is 5.84 Å². The molecule has 1 aromatic carbocycles. The van der Waals surface area contributed by atoms with Crippen LogP contribution in [0.5, 0.6) is 5.75 Å². The molecular weight excluding hydrogens is 190 g/mol. The van der Waals surface area contributed by atoms with Crippen LogP contribution in [0.1, 0.15) is 0 Å². The average Bonchev–Trinajstić information content (AvgIpc) is 2.27. The summed E-state index contributed by atoms with van der Waals surface area (Å²) in [5.41, 5.74) is 0.829. The minimum absolute atomic E-state index is 0.715. The summed E-state index contributed by atoms with van der Waals surface area (Å²) in [6.07, 6.45) is 0. The van der Waals surface area contributed by atoms with Crippen LogP contribution in [0.2, 0.25) is 0 Å². The first kappa shape index (κ1) is 9.73. The monoisotopic (exact) mass is 203 g/mol. The lowest BCUT2D eigenvalue weighted by molar-refractivity contribution is 0.419. The number of para-hydroxylation sites is 1. The maximum atomic E-state index is 5.63. The Morgan fingerprint density at radius 2 is 2.07 bits per heavy atom. The van der Waals surface area contributed by atoms with Gasteiger partial charge in [-0.3, -0.25) is 5.01 Å². The second-order valence-electron chi connectivity index (χ2n) is 3.31. The number of nitrogens with two attached hydrogens (primary N) is 1. The Labute approximate surface area is 88.2 Å². The molecule has 0 spiro atoms. The van der Waals surface area contributed by atoms with E-state index in [1.54, 1.807) is 14.2 Å². The zero-order valence-electron chi connectivity index (χ0n) is 8.77. The van der Waals surface area contributed by atoms with Gasteiger partial charge < -0.3 is 4.74 Å². The Morgan fingerprint density at radius 3 is 2.73 bits per heavy atom. The number of benzene rings is 1. The highest BCUT2D eigenvalue weighted by Gasteiger charge is 2.04. The SMILES string of the molecule is COc1cccc2ccc(N(C)N)nc12. The van der Waals surface area contributed by atoms with Crippen LogP contribution in [0.15, 0.2) is 30.3 Å². The molecule has 0 fully saturated rings. The summed E-state index contributed by atoms with van der Waals surface area (Å²) in [6, 6.07) is 9.67. The van der Waals surface area contributed by atoms with Crippen LogP contribution in [0.4, 0.5) is 5.82 Å². The van der Waals surface area contributed by atoms with E-state index in [9.17, 15) is 0 Å². The zero-order valence-corrected chi connectivity index (χ0v) is 8.77. The van der Waals surface area contributed by atoms with E-state index in [2.05, 4.69) is 4.98 Å². The minimum atomic E-state index is 0.715. The largest absolute Gasteiger partial charge is 0.494 e. The molecule has 0 amide bonds. The van der Waals surface area contributed by atoms with E-state index in [1.165, 1.54) is 5.01 Å². The predicted molar refractivity (Wildman–Crippen MR) is 60.9 cm³/mol. The van der Waals surface area contributed by atoms with Crippen LogP contribution in [0.3, 0.4) is 0 Å². The van der Waals surface area contributed by atoms with Gasteiger partial charge in [0.15, 0.2) is 0 Å². The highest BCUT2D eigenvalue weighted by Crippen LogP contribution is 2.25. The number of hydrogen-bond donors (Lipinski definition) is 1. The molecule has 2 aromatic rings. The van der Waals surface area contributed by atoms with Crippen molar-refractivity contribution in [1.82, 2.24) is 4.98 Å². The Hall–Kier alpha value is -1.81. The number of hydrazine groups is 1. The van der Waals surface area contributed by atoms with E-state index >= 15 is 0 Å². The van der Waals surface area contributed by atoms with Crippen molar-refractivity contribution in [1.29, 1.82) is 0 Å². The van der Waals surface area contributed by atoms with Crippen molar-refractivity contribution < 1.29 is 4.74 Å². The third-order valence-electron chi connectivity index (χ3n) is 2.25. The first-order valence-electron chi connectivity index (χ1n) is 4.64. The molecule has 2 rings (SSSR count). The lowest BCUT2D eigenvalue weighted by Crippen LogP contribution is -2.25. The quantitative estimate of drug-likeness (QED) is 0.594. The standard InChI is InChI=1S/C11H13N3O/c1-14(12)10-7-6-8-4-3-5-9(15-2)11(8)13-10/h3-7H,12H2,1-2H3. The fraction of sp³-hybridized carbons (Fsp3) is 0.182. The van der Waals surface area contributed by atoms with E-state index in [0.717, 1.165) is 16.7 Å². The molecule has 2 N–H and O–H groups in total. The van der Waals surface area contributed by atoms with Gasteiger partial charge >= 0.3 is 0 Å². The molecule has 1 heterocycles. The second-order valence-corrected chi connectivity index (χ2v) is 3.31. The van der Waals surface area contributed by atoms with Gasteiger partial charge in [0.25, 0.3) is 0 Å². The van der Waals surface area contributed by atoms with Crippen LogP contribution in [0, 0.1) is 0 Å². The highest BCUT2D eigenvalue weighted by molar-refractivity contribution is 5.85. The number of ether oxygens (including phenoxy) is 1. The Kier molecular flexibility index (Phi) is 2.43. The number of aromatic nitrogens is 1. The maximum Gasteiger partial charge on any atom is 0.145 e. The molecule has 1 aromatic heterocycles. The molecule has 78 valence electrons. The van der Waals surface area contributed by atoms with Gasteiger partial charge in [-0.05, 0) is 18.2 Å². The molecule has 0 radical (unpaired) electrons. The summed E-state index contributed by atoms with van der Waals surface area (Å²) in [6.45, 7) is 0. The fourth-order valence-corrected chi connectivity index (χ4v) is 1.47. The summed E-state index contributed by atoms with van der Waals surface area (Å²) >= 11 is 0. The summed E-state index contributed by atoms with van der Waals surface area (Å²) in [5, 5.41) is 2.52. The third kappa shape index (κ3) is 1.71. The molecular formula is C11H13N3O. The first-order chi connectivity index (χ1) is 7.22. The Balaban J connectivity index is 2.67. The molecule has 0 aliphatic carbocycles. The topological polar surface area (TPSA) is 51.4 Å². The molecule has 0 bridgehead atoms. The van der Waals surface area contributed by atoms with Gasteiger partial charge in [-0.2, -0.15) is 0 Å². The van der Waals surface area contributed by atoms with E-state index in [-0.39, 0.29) is 0 Å². The van der Waals surface area contributed by atoms with Crippen LogP contribution >= 0.6 is 0 Å². The van der Waals surface area contributed by atoms with Gasteiger partial charge in [0, 0.05) is 12.4 Å². The van der Waals surface area contributed by atoms with Crippen molar-refractivity contribution >= 4 is 16.7 Å². The number of fused-ring (bicyclic) bond motifs is 1. The van der Waals surface area contributed by atoms with Gasteiger partial charge in [-0.1, -0.05) is 12.1 Å². The van der Waals surface area contributed by atoms with Gasteiger partial charge in [0.1, 0.15) is 17.1 Å². The van der Waals surface area contributed by atoms with Gasteiger partial charge in [0.05, 0.1) is 7.11 Å². The number of methoxy groups -OCH3 is 1. The summed E-state index contributed by atoms with van der Waals surface area (Å²) in [7, 11) is 3.39. The molecule has 0 atom stereocenters. The van der Waals surface area contributed by atoms with Crippen molar-refractivity contribution in [3.05, 3.63) is 30.3 Å². The lowest BCUT2D eigenvalue weighted by Gasteiger charge is -2.12. The fourth-order valence-electron chi connectivity index (χ4n) is 1.47. The number of anilines is 1. The molecule has 0 aliphatic heterocycles. The molecule has 0 unspecified atom stereocenters. The number of nitrogens with zero attached hydrogens (tertiary/aromatic N) is 2. The van der Waals surface area contributed by atoms with E-state index in [4.69, 9.17) is 10.6 Å². The Morgan fingerprint density at radius 1 is 1.27 bits per heavy atom. The molecule has 4 heteroatoms. The average molecular weight is 203 g/mol. The van der Waals surface area contributed by atoms with Crippen molar-refractivity contribution in [3.63, 3.8) is 0 Å². The van der Waals surface area contributed by atoms with Gasteiger partial charge in [-0.25, -0.2) is 10.8 Å². The normalized spacial score (nSPS) is 10.3. The van der Waals surface area contributed by atoms with Crippen LogP contribution in [0.25, 0.3) is 10.9 Å². The van der Waals surface area contributed by atoms with Crippen LogP contribution < -0.4 is 15.6 Å². The van der Waals surface area contributed by atoms with Gasteiger partial charge in [-0.15, -0.1) is 0 Å².